The van der Waals surface area contributed by atoms with E-state index in [4.69, 9.17) is 15.5 Å². The van der Waals surface area contributed by atoms with Crippen molar-refractivity contribution in [1.82, 2.24) is 19.0 Å². The standard InChI is InChI=1S/C34H42N6O2/c1-37(13-12-20-4-5-20)25-10-8-22-15-29(39(28(22)17-25)18-21-6-7-21)33-36-26-14-24(16-30(42-3)32(26)38(33)2)34(41)40-19-23-9-11-27(40)31(23)35/h8,10,14-17,20-21,23,27,31H,4-7,9,11-13,18-19,35H2,1-3H3/t23-,27?,31+/m1/s1. The summed E-state index contributed by atoms with van der Waals surface area (Å²) in [5.41, 5.74) is 12.4. The maximum absolute atomic E-state index is 13.7. The van der Waals surface area contributed by atoms with Gasteiger partial charge >= 0.3 is 0 Å². The van der Waals surface area contributed by atoms with E-state index in [2.05, 4.69) is 52.4 Å². The second-order valence-corrected chi connectivity index (χ2v) is 13.5. The van der Waals surface area contributed by atoms with Crippen LogP contribution in [-0.4, -0.2) is 64.3 Å². The van der Waals surface area contributed by atoms with Gasteiger partial charge in [0.15, 0.2) is 5.82 Å². The summed E-state index contributed by atoms with van der Waals surface area (Å²) < 4.78 is 10.5. The van der Waals surface area contributed by atoms with E-state index in [-0.39, 0.29) is 18.0 Å². The zero-order valence-electron chi connectivity index (χ0n) is 25.1. The molecule has 1 aliphatic heterocycles. The Kier molecular flexibility index (Phi) is 6.07. The van der Waals surface area contributed by atoms with E-state index in [1.54, 1.807) is 7.11 Å². The van der Waals surface area contributed by atoms with Gasteiger partial charge in [0.05, 0.1) is 23.8 Å². The van der Waals surface area contributed by atoms with Crippen LogP contribution in [0.15, 0.2) is 36.4 Å². The van der Waals surface area contributed by atoms with Gasteiger partial charge in [0.1, 0.15) is 11.3 Å². The van der Waals surface area contributed by atoms with Gasteiger partial charge in [-0.05, 0) is 80.2 Å². The molecule has 2 aromatic heterocycles. The Hall–Kier alpha value is -3.52. The molecule has 8 rings (SSSR count). The van der Waals surface area contributed by atoms with Crippen LogP contribution in [0.25, 0.3) is 33.5 Å². The van der Waals surface area contributed by atoms with Gasteiger partial charge in [-0.3, -0.25) is 4.79 Å². The van der Waals surface area contributed by atoms with Crippen molar-refractivity contribution in [3.8, 4) is 17.3 Å². The minimum absolute atomic E-state index is 0.0336. The fourth-order valence-electron chi connectivity index (χ4n) is 7.60. The Balaban J connectivity index is 1.19. The number of anilines is 1. The Morgan fingerprint density at radius 3 is 2.57 bits per heavy atom. The number of carbonyl (C=O) groups excluding carboxylic acids is 1. The van der Waals surface area contributed by atoms with Gasteiger partial charge in [-0.2, -0.15) is 0 Å². The van der Waals surface area contributed by atoms with Crippen molar-refractivity contribution in [2.45, 2.75) is 63.6 Å². The van der Waals surface area contributed by atoms with E-state index < -0.39 is 0 Å². The number of hydrogen-bond donors (Lipinski definition) is 1. The van der Waals surface area contributed by atoms with Crippen molar-refractivity contribution >= 4 is 33.5 Å². The molecule has 42 heavy (non-hydrogen) atoms. The molecule has 4 fully saturated rings. The van der Waals surface area contributed by atoms with Gasteiger partial charge in [0.2, 0.25) is 0 Å². The molecular formula is C34H42N6O2. The van der Waals surface area contributed by atoms with E-state index in [0.717, 1.165) is 60.9 Å². The molecule has 1 saturated heterocycles. The number of hydrogen-bond acceptors (Lipinski definition) is 5. The summed E-state index contributed by atoms with van der Waals surface area (Å²) in [6.45, 7) is 2.84. The first kappa shape index (κ1) is 26.1. The number of nitrogens with zero attached hydrogens (tertiary/aromatic N) is 5. The van der Waals surface area contributed by atoms with Crippen LogP contribution in [0.4, 0.5) is 5.69 Å². The molecule has 8 nitrogen and oxygen atoms in total. The number of rotatable bonds is 9. The first-order chi connectivity index (χ1) is 20.4. The van der Waals surface area contributed by atoms with Crippen molar-refractivity contribution in [1.29, 1.82) is 0 Å². The number of ether oxygens (including phenoxy) is 1. The number of imidazole rings is 1. The van der Waals surface area contributed by atoms with Crippen LogP contribution in [0.5, 0.6) is 5.75 Å². The zero-order chi connectivity index (χ0) is 28.7. The molecule has 2 aromatic carbocycles. The molecule has 3 saturated carbocycles. The maximum Gasteiger partial charge on any atom is 0.254 e. The molecule has 3 atom stereocenters. The molecule has 0 spiro atoms. The highest BCUT2D eigenvalue weighted by atomic mass is 16.5. The van der Waals surface area contributed by atoms with Crippen LogP contribution in [0.3, 0.4) is 0 Å². The monoisotopic (exact) mass is 566 g/mol. The van der Waals surface area contributed by atoms with E-state index >= 15 is 0 Å². The van der Waals surface area contributed by atoms with Gasteiger partial charge < -0.3 is 29.4 Å². The average Bonchev–Trinajstić information content (AvgIpc) is 3.90. The van der Waals surface area contributed by atoms with Gasteiger partial charge in [-0.1, -0.05) is 18.9 Å². The van der Waals surface area contributed by atoms with E-state index in [1.165, 1.54) is 48.7 Å². The van der Waals surface area contributed by atoms with E-state index in [9.17, 15) is 4.79 Å². The van der Waals surface area contributed by atoms with E-state index in [0.29, 0.717) is 23.1 Å². The van der Waals surface area contributed by atoms with Crippen molar-refractivity contribution in [2.75, 3.05) is 32.1 Å². The molecule has 2 bridgehead atoms. The molecule has 8 heteroatoms. The van der Waals surface area contributed by atoms with E-state index in [1.807, 2.05) is 17.0 Å². The van der Waals surface area contributed by atoms with Crippen molar-refractivity contribution in [3.05, 3.63) is 42.0 Å². The number of nitrogens with two attached hydrogens (primary N) is 1. The average molecular weight is 567 g/mol. The number of carbonyl (C=O) groups is 1. The quantitative estimate of drug-likeness (QED) is 0.293. The largest absolute Gasteiger partial charge is 0.494 e. The van der Waals surface area contributed by atoms with Crippen LogP contribution in [0.2, 0.25) is 0 Å². The molecular weight excluding hydrogens is 524 g/mol. The number of likely N-dealkylation sites (tertiary alicyclic amines) is 1. The first-order valence-electron chi connectivity index (χ1n) is 15.9. The maximum atomic E-state index is 13.7. The Morgan fingerprint density at radius 2 is 1.88 bits per heavy atom. The lowest BCUT2D eigenvalue weighted by molar-refractivity contribution is 0.0700. The lowest BCUT2D eigenvalue weighted by atomic mass is 10.1. The third kappa shape index (κ3) is 4.29. The molecule has 4 aromatic rings. The minimum atomic E-state index is 0.0336. The molecule has 3 heterocycles. The first-order valence-corrected chi connectivity index (χ1v) is 15.9. The molecule has 4 aliphatic rings. The number of aryl methyl sites for hydroxylation is 1. The predicted octanol–water partition coefficient (Wildman–Crippen LogP) is 5.41. The zero-order valence-corrected chi connectivity index (χ0v) is 25.1. The summed E-state index contributed by atoms with van der Waals surface area (Å²) in [7, 11) is 5.95. The van der Waals surface area contributed by atoms with Gasteiger partial charge in [0, 0.05) is 62.5 Å². The van der Waals surface area contributed by atoms with Gasteiger partial charge in [-0.25, -0.2) is 4.98 Å². The SMILES string of the molecule is COc1cc(C(=O)N2C[C@H]3CCC2[C@H]3N)cc2nc(-c3cc4ccc(N(C)CCC5CC5)cc4n3CC3CC3)n(C)c12. The molecule has 1 unspecified atom stereocenters. The number of amides is 1. The summed E-state index contributed by atoms with van der Waals surface area (Å²) in [6.07, 6.45) is 8.75. The highest BCUT2D eigenvalue weighted by Crippen LogP contribution is 2.41. The van der Waals surface area contributed by atoms with Crippen LogP contribution >= 0.6 is 0 Å². The number of methoxy groups -OCH3 is 1. The number of benzene rings is 2. The Bertz CT molecular complexity index is 1700. The van der Waals surface area contributed by atoms with Gasteiger partial charge in [0.25, 0.3) is 5.91 Å². The highest BCUT2D eigenvalue weighted by molar-refractivity contribution is 6.00. The Morgan fingerprint density at radius 1 is 1.07 bits per heavy atom. The second-order valence-electron chi connectivity index (χ2n) is 13.5. The number of piperidine rings is 1. The van der Waals surface area contributed by atoms with Crippen molar-refractivity contribution in [2.24, 2.45) is 30.5 Å². The highest BCUT2D eigenvalue weighted by Gasteiger charge is 2.47. The summed E-state index contributed by atoms with van der Waals surface area (Å²) in [5, 5.41) is 1.24. The van der Waals surface area contributed by atoms with Crippen LogP contribution in [-0.2, 0) is 13.6 Å². The summed E-state index contributed by atoms with van der Waals surface area (Å²) >= 11 is 0. The normalized spacial score (nSPS) is 23.4. The lowest BCUT2D eigenvalue weighted by Gasteiger charge is -2.27. The Labute approximate surface area is 247 Å². The van der Waals surface area contributed by atoms with Crippen LogP contribution in [0.1, 0.15) is 55.3 Å². The third-order valence-corrected chi connectivity index (χ3v) is 10.6. The molecule has 220 valence electrons. The summed E-state index contributed by atoms with van der Waals surface area (Å²) in [4.78, 5) is 23.3. The molecule has 2 N–H and O–H groups in total. The topological polar surface area (TPSA) is 81.6 Å². The molecule has 0 radical (unpaired) electrons. The minimum Gasteiger partial charge on any atom is -0.494 e. The number of fused-ring (bicyclic) bond motifs is 4. The fourth-order valence-corrected chi connectivity index (χ4v) is 7.60. The smallest absolute Gasteiger partial charge is 0.254 e. The second kappa shape index (κ2) is 9.76. The van der Waals surface area contributed by atoms with Crippen LogP contribution < -0.4 is 15.4 Å². The predicted molar refractivity (Wildman–Crippen MR) is 167 cm³/mol. The molecule has 3 aliphatic carbocycles. The molecule has 1 amide bonds. The van der Waals surface area contributed by atoms with Crippen molar-refractivity contribution < 1.29 is 9.53 Å². The summed E-state index contributed by atoms with van der Waals surface area (Å²) in [6, 6.07) is 13.2. The summed E-state index contributed by atoms with van der Waals surface area (Å²) in [5.74, 6) is 3.66. The third-order valence-electron chi connectivity index (χ3n) is 10.6. The number of aromatic nitrogens is 3. The van der Waals surface area contributed by atoms with Crippen molar-refractivity contribution in [3.63, 3.8) is 0 Å². The fraction of sp³-hybridized carbons (Fsp3) is 0.529. The van der Waals surface area contributed by atoms with Crippen LogP contribution in [0, 0.1) is 17.8 Å². The van der Waals surface area contributed by atoms with Gasteiger partial charge in [-0.15, -0.1) is 0 Å². The lowest BCUT2D eigenvalue weighted by Crippen LogP contribution is -2.41.